The number of hydrogen-bond acceptors (Lipinski definition) is 5. The lowest BCUT2D eigenvalue weighted by molar-refractivity contribution is 0.0526. The number of nitrogens with one attached hydrogen (secondary N) is 1. The standard InChI is InChI=1S/C34H30N2O4/c1-3-40-34(39)29-8-5-9-31(20-29)35-30-15-12-24(13-16-30)25-7-4-6-23(18-25)22-36(2)33(38)28-11-10-27-21-32(37)17-14-26(27)19-28/h4-21,35,37H,3,22H2,1-2H3. The summed E-state index contributed by atoms with van der Waals surface area (Å²) >= 11 is 0. The number of fused-ring (bicyclic) bond motifs is 1. The highest BCUT2D eigenvalue weighted by Gasteiger charge is 2.13. The van der Waals surface area contributed by atoms with E-state index in [0.717, 1.165) is 38.8 Å². The van der Waals surface area contributed by atoms with Gasteiger partial charge in [-0.1, -0.05) is 48.5 Å². The molecule has 0 saturated heterocycles. The molecule has 5 rings (SSSR count). The van der Waals surface area contributed by atoms with Crippen molar-refractivity contribution in [1.82, 2.24) is 4.90 Å². The first kappa shape index (κ1) is 26.5. The molecule has 40 heavy (non-hydrogen) atoms. The first-order valence-electron chi connectivity index (χ1n) is 13.1. The molecular formula is C34H30N2O4. The van der Waals surface area contributed by atoms with Crippen molar-refractivity contribution in [2.45, 2.75) is 13.5 Å². The Kier molecular flexibility index (Phi) is 7.78. The molecule has 0 aromatic heterocycles. The molecule has 0 fully saturated rings. The lowest BCUT2D eigenvalue weighted by Gasteiger charge is -2.18. The summed E-state index contributed by atoms with van der Waals surface area (Å²) in [7, 11) is 1.80. The normalized spacial score (nSPS) is 10.8. The number of hydrogen-bond donors (Lipinski definition) is 2. The zero-order chi connectivity index (χ0) is 28.1. The van der Waals surface area contributed by atoms with Gasteiger partial charge >= 0.3 is 5.97 Å². The van der Waals surface area contributed by atoms with E-state index < -0.39 is 0 Å². The van der Waals surface area contributed by atoms with E-state index in [9.17, 15) is 14.7 Å². The van der Waals surface area contributed by atoms with Crippen LogP contribution in [0.5, 0.6) is 5.75 Å². The Labute approximate surface area is 233 Å². The summed E-state index contributed by atoms with van der Waals surface area (Å²) in [5, 5.41) is 14.8. The average Bonchev–Trinajstić information content (AvgIpc) is 2.97. The van der Waals surface area contributed by atoms with Gasteiger partial charge in [0.15, 0.2) is 0 Å². The van der Waals surface area contributed by atoms with Crippen molar-refractivity contribution in [3.05, 3.63) is 126 Å². The summed E-state index contributed by atoms with van der Waals surface area (Å²) in [6.45, 7) is 2.59. The molecule has 6 heteroatoms. The zero-order valence-corrected chi connectivity index (χ0v) is 22.4. The van der Waals surface area contributed by atoms with Crippen LogP contribution in [0.25, 0.3) is 21.9 Å². The zero-order valence-electron chi connectivity index (χ0n) is 22.4. The molecule has 0 unspecified atom stereocenters. The number of phenolic OH excluding ortho intramolecular Hbond substituents is 1. The number of aromatic hydroxyl groups is 1. The fraction of sp³-hybridized carbons (Fsp3) is 0.118. The number of phenols is 1. The Hall–Kier alpha value is -5.10. The van der Waals surface area contributed by atoms with Gasteiger partial charge in [-0.15, -0.1) is 0 Å². The SMILES string of the molecule is CCOC(=O)c1cccc(Nc2ccc(-c3cccc(CN(C)C(=O)c4ccc5cc(O)ccc5c4)c3)cc2)c1. The van der Waals surface area contributed by atoms with Crippen LogP contribution in [0.4, 0.5) is 11.4 Å². The first-order valence-corrected chi connectivity index (χ1v) is 13.1. The van der Waals surface area contributed by atoms with Gasteiger partial charge in [0.2, 0.25) is 0 Å². The number of amides is 1. The quantitative estimate of drug-likeness (QED) is 0.204. The number of benzene rings is 5. The monoisotopic (exact) mass is 530 g/mol. The van der Waals surface area contributed by atoms with Crippen LogP contribution >= 0.6 is 0 Å². The average molecular weight is 531 g/mol. The van der Waals surface area contributed by atoms with Crippen LogP contribution in [-0.2, 0) is 11.3 Å². The van der Waals surface area contributed by atoms with E-state index in [4.69, 9.17) is 4.74 Å². The Balaban J connectivity index is 1.26. The van der Waals surface area contributed by atoms with Crippen molar-refractivity contribution >= 4 is 34.0 Å². The van der Waals surface area contributed by atoms with Crippen molar-refractivity contribution in [1.29, 1.82) is 0 Å². The number of carbonyl (C=O) groups is 2. The maximum Gasteiger partial charge on any atom is 0.338 e. The number of nitrogens with zero attached hydrogens (tertiary/aromatic N) is 1. The highest BCUT2D eigenvalue weighted by molar-refractivity contribution is 5.98. The van der Waals surface area contributed by atoms with E-state index in [2.05, 4.69) is 17.4 Å². The van der Waals surface area contributed by atoms with Gasteiger partial charge in [0.1, 0.15) is 5.75 Å². The predicted octanol–water partition coefficient (Wildman–Crippen LogP) is 7.40. The van der Waals surface area contributed by atoms with Crippen LogP contribution in [0.3, 0.4) is 0 Å². The van der Waals surface area contributed by atoms with Gasteiger partial charge in [0.05, 0.1) is 12.2 Å². The first-order chi connectivity index (χ1) is 19.4. The summed E-state index contributed by atoms with van der Waals surface area (Å²) in [6, 6.07) is 34.1. The second-order valence-corrected chi connectivity index (χ2v) is 9.61. The number of ether oxygens (including phenoxy) is 1. The van der Waals surface area contributed by atoms with E-state index in [0.29, 0.717) is 24.3 Å². The molecular weight excluding hydrogens is 500 g/mol. The second-order valence-electron chi connectivity index (χ2n) is 9.61. The molecule has 200 valence electrons. The van der Waals surface area contributed by atoms with Gasteiger partial charge in [-0.3, -0.25) is 4.79 Å². The Morgan fingerprint density at radius 3 is 2.30 bits per heavy atom. The molecule has 0 saturated carbocycles. The Morgan fingerprint density at radius 2 is 1.50 bits per heavy atom. The van der Waals surface area contributed by atoms with Gasteiger partial charge in [0, 0.05) is 30.5 Å². The summed E-state index contributed by atoms with van der Waals surface area (Å²) in [5.41, 5.74) is 5.95. The van der Waals surface area contributed by atoms with Crippen LogP contribution < -0.4 is 5.32 Å². The number of anilines is 2. The maximum atomic E-state index is 13.1. The van der Waals surface area contributed by atoms with E-state index >= 15 is 0 Å². The van der Waals surface area contributed by atoms with E-state index in [1.807, 2.05) is 66.7 Å². The van der Waals surface area contributed by atoms with Gasteiger partial charge in [-0.25, -0.2) is 4.79 Å². The summed E-state index contributed by atoms with van der Waals surface area (Å²) in [6.07, 6.45) is 0. The third-order valence-corrected chi connectivity index (χ3v) is 6.64. The number of rotatable bonds is 8. The molecule has 1 amide bonds. The Morgan fingerprint density at radius 1 is 0.750 bits per heavy atom. The minimum absolute atomic E-state index is 0.0668. The number of carbonyl (C=O) groups excluding carboxylic acids is 2. The highest BCUT2D eigenvalue weighted by Crippen LogP contribution is 2.26. The molecule has 2 N–H and O–H groups in total. The van der Waals surface area contributed by atoms with Gasteiger partial charge < -0.3 is 20.1 Å². The molecule has 0 radical (unpaired) electrons. The summed E-state index contributed by atoms with van der Waals surface area (Å²) in [5.74, 6) is -0.203. The van der Waals surface area contributed by atoms with Crippen molar-refractivity contribution in [2.24, 2.45) is 0 Å². The van der Waals surface area contributed by atoms with Crippen molar-refractivity contribution in [3.63, 3.8) is 0 Å². The summed E-state index contributed by atoms with van der Waals surface area (Å²) < 4.78 is 5.09. The molecule has 0 bridgehead atoms. The third kappa shape index (κ3) is 6.13. The van der Waals surface area contributed by atoms with E-state index in [1.54, 1.807) is 49.2 Å². The molecule has 0 heterocycles. The maximum absolute atomic E-state index is 13.1. The van der Waals surface area contributed by atoms with Crippen molar-refractivity contribution in [3.8, 4) is 16.9 Å². The highest BCUT2D eigenvalue weighted by atomic mass is 16.5. The smallest absolute Gasteiger partial charge is 0.338 e. The van der Waals surface area contributed by atoms with Gasteiger partial charge in [-0.2, -0.15) is 0 Å². The number of esters is 1. The predicted molar refractivity (Wildman–Crippen MR) is 159 cm³/mol. The van der Waals surface area contributed by atoms with E-state index in [1.165, 1.54) is 0 Å². The van der Waals surface area contributed by atoms with Crippen molar-refractivity contribution < 1.29 is 19.4 Å². The molecule has 0 atom stereocenters. The second kappa shape index (κ2) is 11.7. The lowest BCUT2D eigenvalue weighted by atomic mass is 10.0. The molecule has 0 spiro atoms. The molecule has 0 aliphatic heterocycles. The Bertz CT molecular complexity index is 1680. The molecule has 6 nitrogen and oxygen atoms in total. The third-order valence-electron chi connectivity index (χ3n) is 6.64. The van der Waals surface area contributed by atoms with E-state index in [-0.39, 0.29) is 17.6 Å². The minimum atomic E-state index is -0.341. The van der Waals surface area contributed by atoms with Gasteiger partial charge in [0.25, 0.3) is 5.91 Å². The summed E-state index contributed by atoms with van der Waals surface area (Å²) in [4.78, 5) is 26.9. The van der Waals surface area contributed by atoms with Gasteiger partial charge in [-0.05, 0) is 95.1 Å². The molecule has 5 aromatic rings. The lowest BCUT2D eigenvalue weighted by Crippen LogP contribution is -2.26. The molecule has 0 aliphatic rings. The van der Waals surface area contributed by atoms with Crippen LogP contribution in [0.1, 0.15) is 33.2 Å². The molecule has 0 aliphatic carbocycles. The van der Waals surface area contributed by atoms with Crippen LogP contribution in [0, 0.1) is 0 Å². The molecule has 5 aromatic carbocycles. The fourth-order valence-electron chi connectivity index (χ4n) is 4.63. The largest absolute Gasteiger partial charge is 0.508 e. The topological polar surface area (TPSA) is 78.9 Å². The van der Waals surface area contributed by atoms with Crippen LogP contribution in [-0.4, -0.2) is 35.5 Å². The van der Waals surface area contributed by atoms with Crippen LogP contribution in [0.2, 0.25) is 0 Å². The van der Waals surface area contributed by atoms with Crippen molar-refractivity contribution in [2.75, 3.05) is 19.0 Å². The fourth-order valence-corrected chi connectivity index (χ4v) is 4.63. The minimum Gasteiger partial charge on any atom is -0.508 e. The van der Waals surface area contributed by atoms with Crippen LogP contribution in [0.15, 0.2) is 109 Å².